The molecule has 0 saturated carbocycles. The van der Waals surface area contributed by atoms with E-state index in [4.69, 9.17) is 0 Å². The van der Waals surface area contributed by atoms with Gasteiger partial charge in [0.25, 0.3) is 0 Å². The minimum Gasteiger partial charge on any atom is -0.478 e. The number of carboxylic acids is 1. The largest absolute Gasteiger partial charge is 0.478 e. The Morgan fingerprint density at radius 3 is 2.20 bits per heavy atom. The predicted molar refractivity (Wildman–Crippen MR) is 79.5 cm³/mol. The maximum Gasteiger partial charge on any atom is 0.335 e. The quantitative estimate of drug-likeness (QED) is 0.885. The number of hydrogen-bond acceptors (Lipinski definition) is 4. The first-order valence-electron chi connectivity index (χ1n) is 6.59. The standard InChI is InChI=1S/C15H24N2O3/c1-14(2,3)11-7-10(13(18)19)8-12(16-11)17(6)9-15(4,5)20/h7-8,20H,9H2,1-6H3,(H,18,19). The van der Waals surface area contributed by atoms with Crippen LogP contribution in [0, 0.1) is 0 Å². The number of rotatable bonds is 4. The number of carbonyl (C=O) groups is 1. The second-order valence-electron chi connectivity index (χ2n) is 6.82. The van der Waals surface area contributed by atoms with Crippen LogP contribution in [0.1, 0.15) is 50.7 Å². The van der Waals surface area contributed by atoms with Crippen molar-refractivity contribution in [1.29, 1.82) is 0 Å². The summed E-state index contributed by atoms with van der Waals surface area (Å²) in [6.07, 6.45) is 0. The van der Waals surface area contributed by atoms with Gasteiger partial charge in [-0.1, -0.05) is 20.8 Å². The monoisotopic (exact) mass is 280 g/mol. The van der Waals surface area contributed by atoms with Gasteiger partial charge in [0.1, 0.15) is 5.82 Å². The Morgan fingerprint density at radius 2 is 1.80 bits per heavy atom. The van der Waals surface area contributed by atoms with Crippen LogP contribution in [0.4, 0.5) is 5.82 Å². The molecule has 0 aromatic carbocycles. The van der Waals surface area contributed by atoms with Crippen molar-refractivity contribution in [3.05, 3.63) is 23.4 Å². The Kier molecular flexibility index (Phi) is 4.44. The first-order valence-corrected chi connectivity index (χ1v) is 6.59. The number of aromatic nitrogens is 1. The van der Waals surface area contributed by atoms with Crippen molar-refractivity contribution in [1.82, 2.24) is 4.98 Å². The van der Waals surface area contributed by atoms with E-state index in [9.17, 15) is 15.0 Å². The van der Waals surface area contributed by atoms with Gasteiger partial charge in [0.2, 0.25) is 0 Å². The second kappa shape index (κ2) is 5.40. The highest BCUT2D eigenvalue weighted by Gasteiger charge is 2.22. The number of carboxylic acid groups (broad SMARTS) is 1. The number of aliphatic hydroxyl groups is 1. The summed E-state index contributed by atoms with van der Waals surface area (Å²) in [5.41, 5.74) is -0.189. The molecule has 1 rings (SSSR count). The lowest BCUT2D eigenvalue weighted by molar-refractivity contribution is 0.0696. The molecule has 1 aromatic rings. The zero-order chi connectivity index (χ0) is 15.7. The van der Waals surface area contributed by atoms with Gasteiger partial charge < -0.3 is 15.1 Å². The van der Waals surface area contributed by atoms with Crippen LogP contribution in [0.25, 0.3) is 0 Å². The van der Waals surface area contributed by atoms with Crippen LogP contribution in [-0.2, 0) is 5.41 Å². The number of likely N-dealkylation sites (N-methyl/N-ethyl adjacent to an activating group) is 1. The average molecular weight is 280 g/mol. The van der Waals surface area contributed by atoms with E-state index in [0.717, 1.165) is 5.69 Å². The topological polar surface area (TPSA) is 73.7 Å². The lowest BCUT2D eigenvalue weighted by Gasteiger charge is -2.28. The summed E-state index contributed by atoms with van der Waals surface area (Å²) in [6, 6.07) is 3.13. The maximum absolute atomic E-state index is 11.2. The molecule has 0 aliphatic rings. The van der Waals surface area contributed by atoms with Crippen LogP contribution in [0.2, 0.25) is 0 Å². The summed E-state index contributed by atoms with van der Waals surface area (Å²) < 4.78 is 0. The third-order valence-electron chi connectivity index (χ3n) is 2.84. The van der Waals surface area contributed by atoms with Crippen molar-refractivity contribution in [2.24, 2.45) is 0 Å². The van der Waals surface area contributed by atoms with Gasteiger partial charge in [-0.3, -0.25) is 0 Å². The molecule has 1 heterocycles. The van der Waals surface area contributed by atoms with E-state index in [1.165, 1.54) is 6.07 Å². The van der Waals surface area contributed by atoms with Gasteiger partial charge in [0.05, 0.1) is 11.2 Å². The van der Waals surface area contributed by atoms with Crippen molar-refractivity contribution in [2.75, 3.05) is 18.5 Å². The number of anilines is 1. The van der Waals surface area contributed by atoms with E-state index in [1.807, 2.05) is 20.8 Å². The van der Waals surface area contributed by atoms with Gasteiger partial charge >= 0.3 is 5.97 Å². The number of nitrogens with zero attached hydrogens (tertiary/aromatic N) is 2. The Morgan fingerprint density at radius 1 is 1.25 bits per heavy atom. The number of pyridine rings is 1. The Bertz CT molecular complexity index is 499. The zero-order valence-electron chi connectivity index (χ0n) is 13.1. The summed E-state index contributed by atoms with van der Waals surface area (Å²) in [7, 11) is 1.79. The first kappa shape index (κ1) is 16.4. The van der Waals surface area contributed by atoms with Crippen LogP contribution in [0.15, 0.2) is 12.1 Å². The fourth-order valence-corrected chi connectivity index (χ4v) is 1.88. The third-order valence-corrected chi connectivity index (χ3v) is 2.84. The van der Waals surface area contributed by atoms with Gasteiger partial charge in [0.15, 0.2) is 0 Å². The number of aromatic carboxylic acids is 1. The molecule has 112 valence electrons. The molecule has 0 spiro atoms. The maximum atomic E-state index is 11.2. The van der Waals surface area contributed by atoms with E-state index in [2.05, 4.69) is 4.98 Å². The minimum absolute atomic E-state index is 0.211. The summed E-state index contributed by atoms with van der Waals surface area (Å²) in [4.78, 5) is 17.5. The van der Waals surface area contributed by atoms with Crippen LogP contribution in [0.3, 0.4) is 0 Å². The molecule has 0 aliphatic heterocycles. The summed E-state index contributed by atoms with van der Waals surface area (Å²) in [5, 5.41) is 19.1. The summed E-state index contributed by atoms with van der Waals surface area (Å²) >= 11 is 0. The van der Waals surface area contributed by atoms with E-state index < -0.39 is 11.6 Å². The smallest absolute Gasteiger partial charge is 0.335 e. The second-order valence-corrected chi connectivity index (χ2v) is 6.82. The molecule has 0 atom stereocenters. The van der Waals surface area contributed by atoms with Crippen LogP contribution in [0.5, 0.6) is 0 Å². The third kappa shape index (κ3) is 4.49. The van der Waals surface area contributed by atoms with Crippen molar-refractivity contribution < 1.29 is 15.0 Å². The zero-order valence-corrected chi connectivity index (χ0v) is 13.1. The Hall–Kier alpha value is -1.62. The molecule has 0 fully saturated rings. The van der Waals surface area contributed by atoms with Crippen molar-refractivity contribution >= 4 is 11.8 Å². The molecule has 0 saturated heterocycles. The lowest BCUT2D eigenvalue weighted by Crippen LogP contribution is -2.37. The average Bonchev–Trinajstić information content (AvgIpc) is 2.24. The van der Waals surface area contributed by atoms with E-state index in [1.54, 1.807) is 31.9 Å². The number of hydrogen-bond donors (Lipinski definition) is 2. The van der Waals surface area contributed by atoms with E-state index in [0.29, 0.717) is 12.4 Å². The molecule has 0 radical (unpaired) electrons. The van der Waals surface area contributed by atoms with E-state index >= 15 is 0 Å². The minimum atomic E-state index is -0.976. The Balaban J connectivity index is 3.26. The van der Waals surface area contributed by atoms with Gasteiger partial charge in [-0.05, 0) is 26.0 Å². The fraction of sp³-hybridized carbons (Fsp3) is 0.600. The molecule has 0 bridgehead atoms. The summed E-state index contributed by atoms with van der Waals surface area (Å²) in [6.45, 7) is 9.74. The highest BCUT2D eigenvalue weighted by molar-refractivity contribution is 5.88. The molecule has 1 aromatic heterocycles. The first-order chi connectivity index (χ1) is 8.90. The molecular weight excluding hydrogens is 256 g/mol. The predicted octanol–water partition coefficient (Wildman–Crippen LogP) is 2.28. The molecule has 0 amide bonds. The molecule has 2 N–H and O–H groups in total. The van der Waals surface area contributed by atoms with Crippen molar-refractivity contribution in [3.8, 4) is 0 Å². The SMILES string of the molecule is CN(CC(C)(C)O)c1cc(C(=O)O)cc(C(C)(C)C)n1. The van der Waals surface area contributed by atoms with Gasteiger partial charge in [-0.2, -0.15) is 0 Å². The molecule has 5 nitrogen and oxygen atoms in total. The van der Waals surface area contributed by atoms with Gasteiger partial charge in [-0.25, -0.2) is 9.78 Å². The van der Waals surface area contributed by atoms with Crippen LogP contribution >= 0.6 is 0 Å². The van der Waals surface area contributed by atoms with Gasteiger partial charge in [-0.15, -0.1) is 0 Å². The van der Waals surface area contributed by atoms with E-state index in [-0.39, 0.29) is 11.0 Å². The molecule has 0 unspecified atom stereocenters. The normalized spacial score (nSPS) is 12.3. The van der Waals surface area contributed by atoms with Crippen LogP contribution in [-0.4, -0.2) is 40.4 Å². The molecule has 5 heteroatoms. The van der Waals surface area contributed by atoms with Gasteiger partial charge in [0, 0.05) is 24.7 Å². The Labute approximate surface area is 120 Å². The fourth-order valence-electron chi connectivity index (χ4n) is 1.88. The highest BCUT2D eigenvalue weighted by Crippen LogP contribution is 2.25. The van der Waals surface area contributed by atoms with Crippen molar-refractivity contribution in [2.45, 2.75) is 45.6 Å². The molecule has 0 aliphatic carbocycles. The van der Waals surface area contributed by atoms with Crippen LogP contribution < -0.4 is 4.90 Å². The lowest BCUT2D eigenvalue weighted by atomic mass is 9.90. The molecular formula is C15H24N2O3. The highest BCUT2D eigenvalue weighted by atomic mass is 16.4. The van der Waals surface area contributed by atoms with Crippen molar-refractivity contribution in [3.63, 3.8) is 0 Å². The molecule has 20 heavy (non-hydrogen) atoms. The summed E-state index contributed by atoms with van der Waals surface area (Å²) in [5.74, 6) is -0.423.